The predicted molar refractivity (Wildman–Crippen MR) is 82.2 cm³/mol. The topological polar surface area (TPSA) is 90.2 Å². The summed E-state index contributed by atoms with van der Waals surface area (Å²) in [6, 6.07) is 1.87. The van der Waals surface area contributed by atoms with Gasteiger partial charge >= 0.3 is 0 Å². The van der Waals surface area contributed by atoms with Gasteiger partial charge in [-0.1, -0.05) is 0 Å². The van der Waals surface area contributed by atoms with Crippen molar-refractivity contribution in [3.05, 3.63) is 35.8 Å². The van der Waals surface area contributed by atoms with Crippen molar-refractivity contribution in [1.82, 2.24) is 23.8 Å². The fraction of sp³-hybridized carbons (Fsp3) is 0.500. The second kappa shape index (κ2) is 5.99. The molecule has 0 aliphatic carbocycles. The van der Waals surface area contributed by atoms with Gasteiger partial charge in [0.2, 0.25) is 0 Å². The van der Waals surface area contributed by atoms with Gasteiger partial charge < -0.3 is 9.30 Å². The van der Waals surface area contributed by atoms with Crippen molar-refractivity contribution in [3.63, 3.8) is 0 Å². The molecular formula is C14H19N5O3S. The Balaban J connectivity index is 1.86. The molecule has 0 radical (unpaired) electrons. The predicted octanol–water partition coefficient (Wildman–Crippen LogP) is 0.589. The van der Waals surface area contributed by atoms with Crippen LogP contribution in [-0.4, -0.2) is 51.9 Å². The Hall–Kier alpha value is -1.84. The summed E-state index contributed by atoms with van der Waals surface area (Å²) < 4.78 is 34.0. The number of hydrogen-bond donors (Lipinski definition) is 0. The zero-order valence-corrected chi connectivity index (χ0v) is 14.1. The number of nitrogens with zero attached hydrogens (tertiary/aromatic N) is 5. The van der Waals surface area contributed by atoms with Crippen LogP contribution in [0.25, 0.3) is 0 Å². The standard InChI is InChI=1S/C14H19N5O3S/c1-10-6-11(2)17-14(16-10)12-7-19(4-5-22-12)23(20,21)13-8-18(3)9-15-13/h6,8-9,12H,4-5,7H2,1-3H3/t12-/m1/s1. The molecule has 8 nitrogen and oxygen atoms in total. The molecule has 124 valence electrons. The van der Waals surface area contributed by atoms with E-state index in [-0.39, 0.29) is 11.6 Å². The van der Waals surface area contributed by atoms with E-state index in [0.29, 0.717) is 19.0 Å². The van der Waals surface area contributed by atoms with Crippen LogP contribution in [0, 0.1) is 13.8 Å². The maximum Gasteiger partial charge on any atom is 0.262 e. The quantitative estimate of drug-likeness (QED) is 0.814. The second-order valence-corrected chi connectivity index (χ2v) is 7.49. The van der Waals surface area contributed by atoms with E-state index in [2.05, 4.69) is 15.0 Å². The van der Waals surface area contributed by atoms with Crippen molar-refractivity contribution in [1.29, 1.82) is 0 Å². The minimum Gasteiger partial charge on any atom is -0.367 e. The van der Waals surface area contributed by atoms with Gasteiger partial charge in [-0.15, -0.1) is 0 Å². The van der Waals surface area contributed by atoms with Gasteiger partial charge in [0.05, 0.1) is 12.9 Å². The van der Waals surface area contributed by atoms with Crippen LogP contribution in [0.15, 0.2) is 23.6 Å². The fourth-order valence-electron chi connectivity index (χ4n) is 2.55. The third-order valence-corrected chi connectivity index (χ3v) is 5.35. The van der Waals surface area contributed by atoms with E-state index in [1.165, 1.54) is 16.8 Å². The maximum atomic E-state index is 12.7. The van der Waals surface area contributed by atoms with Crippen molar-refractivity contribution in [3.8, 4) is 0 Å². The first-order valence-electron chi connectivity index (χ1n) is 7.28. The summed E-state index contributed by atoms with van der Waals surface area (Å²) in [5, 5.41) is 0.0435. The second-order valence-electron chi connectivity index (χ2n) is 5.61. The van der Waals surface area contributed by atoms with Gasteiger partial charge in [0.15, 0.2) is 10.9 Å². The molecule has 23 heavy (non-hydrogen) atoms. The largest absolute Gasteiger partial charge is 0.367 e. The number of sulfonamides is 1. The van der Waals surface area contributed by atoms with E-state index >= 15 is 0 Å². The van der Waals surface area contributed by atoms with Gasteiger partial charge in [0.1, 0.15) is 6.10 Å². The van der Waals surface area contributed by atoms with Crippen molar-refractivity contribution in [2.24, 2.45) is 7.05 Å². The third-order valence-electron chi connectivity index (χ3n) is 3.60. The van der Waals surface area contributed by atoms with Crippen LogP contribution in [0.2, 0.25) is 0 Å². The first-order valence-corrected chi connectivity index (χ1v) is 8.72. The van der Waals surface area contributed by atoms with Crippen LogP contribution < -0.4 is 0 Å². The summed E-state index contributed by atoms with van der Waals surface area (Å²) in [5.74, 6) is 0.517. The molecule has 1 aliphatic heterocycles. The molecule has 1 saturated heterocycles. The van der Waals surface area contributed by atoms with Crippen molar-refractivity contribution in [2.45, 2.75) is 25.0 Å². The van der Waals surface area contributed by atoms with E-state index in [9.17, 15) is 8.42 Å². The number of morpholine rings is 1. The molecule has 0 aromatic carbocycles. The molecule has 9 heteroatoms. The van der Waals surface area contributed by atoms with Gasteiger partial charge in [-0.3, -0.25) is 0 Å². The molecule has 0 spiro atoms. The Morgan fingerprint density at radius 2 is 1.96 bits per heavy atom. The van der Waals surface area contributed by atoms with Gasteiger partial charge in [0, 0.05) is 37.7 Å². The first-order chi connectivity index (χ1) is 10.9. The van der Waals surface area contributed by atoms with Crippen LogP contribution >= 0.6 is 0 Å². The molecule has 0 unspecified atom stereocenters. The Kier molecular flexibility index (Phi) is 4.17. The minimum absolute atomic E-state index is 0.0435. The van der Waals surface area contributed by atoms with Crippen LogP contribution in [0.3, 0.4) is 0 Å². The lowest BCUT2D eigenvalue weighted by Gasteiger charge is -2.30. The van der Waals surface area contributed by atoms with E-state index in [1.807, 2.05) is 19.9 Å². The van der Waals surface area contributed by atoms with Crippen molar-refractivity contribution in [2.75, 3.05) is 19.7 Å². The molecule has 3 rings (SSSR count). The molecule has 2 aromatic heterocycles. The van der Waals surface area contributed by atoms with Gasteiger partial charge in [-0.25, -0.2) is 23.4 Å². The highest BCUT2D eigenvalue weighted by Gasteiger charge is 2.34. The summed E-state index contributed by atoms with van der Waals surface area (Å²) in [6.07, 6.45) is 2.49. The smallest absolute Gasteiger partial charge is 0.262 e. The lowest BCUT2D eigenvalue weighted by Crippen LogP contribution is -2.42. The number of imidazole rings is 1. The fourth-order valence-corrected chi connectivity index (χ4v) is 3.94. The molecule has 0 N–H and O–H groups in total. The Morgan fingerprint density at radius 1 is 1.26 bits per heavy atom. The van der Waals surface area contributed by atoms with E-state index in [1.54, 1.807) is 11.6 Å². The summed E-state index contributed by atoms with van der Waals surface area (Å²) >= 11 is 0. The van der Waals surface area contributed by atoms with Crippen LogP contribution in [-0.2, 0) is 21.8 Å². The molecular weight excluding hydrogens is 318 g/mol. The zero-order valence-electron chi connectivity index (χ0n) is 13.3. The first kappa shape index (κ1) is 16.0. The number of hydrogen-bond acceptors (Lipinski definition) is 6. The minimum atomic E-state index is -3.64. The maximum absolute atomic E-state index is 12.7. The van der Waals surface area contributed by atoms with Crippen molar-refractivity contribution >= 4 is 10.0 Å². The average Bonchev–Trinajstić information content (AvgIpc) is 2.94. The molecule has 2 aromatic rings. The van der Waals surface area contributed by atoms with Gasteiger partial charge in [-0.2, -0.15) is 4.31 Å². The Morgan fingerprint density at radius 3 is 2.57 bits per heavy atom. The molecule has 1 aliphatic rings. The lowest BCUT2D eigenvalue weighted by atomic mass is 10.2. The van der Waals surface area contributed by atoms with Crippen LogP contribution in [0.4, 0.5) is 0 Å². The average molecular weight is 337 g/mol. The number of aromatic nitrogens is 4. The monoisotopic (exact) mass is 337 g/mol. The van der Waals surface area contributed by atoms with Crippen LogP contribution in [0.1, 0.15) is 23.3 Å². The number of rotatable bonds is 3. The molecule has 1 fully saturated rings. The Bertz CT molecular complexity index is 797. The SMILES string of the molecule is Cc1cc(C)nc([C@H]2CN(S(=O)(=O)c3cn(C)cn3)CCO2)n1. The lowest BCUT2D eigenvalue weighted by molar-refractivity contribution is -0.00775. The highest BCUT2D eigenvalue weighted by molar-refractivity contribution is 7.89. The highest BCUT2D eigenvalue weighted by atomic mass is 32.2. The third kappa shape index (κ3) is 3.26. The summed E-state index contributed by atoms with van der Waals surface area (Å²) in [6.45, 7) is 4.53. The molecule has 3 heterocycles. The molecule has 0 bridgehead atoms. The Labute approximate surface area is 135 Å². The van der Waals surface area contributed by atoms with Gasteiger partial charge in [0.25, 0.3) is 10.0 Å². The molecule has 0 saturated carbocycles. The normalized spacial score (nSPS) is 19.9. The molecule has 1 atom stereocenters. The zero-order chi connectivity index (χ0) is 16.6. The summed E-state index contributed by atoms with van der Waals surface area (Å²) in [7, 11) is -1.90. The number of aryl methyl sites for hydroxylation is 3. The van der Waals surface area contributed by atoms with E-state index < -0.39 is 16.1 Å². The highest BCUT2D eigenvalue weighted by Crippen LogP contribution is 2.24. The van der Waals surface area contributed by atoms with Crippen LogP contribution in [0.5, 0.6) is 0 Å². The van der Waals surface area contributed by atoms with Gasteiger partial charge in [-0.05, 0) is 19.9 Å². The molecule has 0 amide bonds. The van der Waals surface area contributed by atoms with E-state index in [0.717, 1.165) is 11.4 Å². The van der Waals surface area contributed by atoms with E-state index in [4.69, 9.17) is 4.74 Å². The number of ether oxygens (including phenoxy) is 1. The van der Waals surface area contributed by atoms with Crippen molar-refractivity contribution < 1.29 is 13.2 Å². The summed E-state index contributed by atoms with van der Waals surface area (Å²) in [5.41, 5.74) is 1.67. The summed E-state index contributed by atoms with van der Waals surface area (Å²) in [4.78, 5) is 12.7.